The van der Waals surface area contributed by atoms with Crippen molar-refractivity contribution in [3.8, 4) is 0 Å². The van der Waals surface area contributed by atoms with Crippen LogP contribution in [0.15, 0.2) is 0 Å². The van der Waals surface area contributed by atoms with Gasteiger partial charge in [-0.1, -0.05) is 33.6 Å². The normalized spacial score (nSPS) is 19.7. The molecule has 1 atom stereocenters. The highest BCUT2D eigenvalue weighted by Gasteiger charge is 2.17. The summed E-state index contributed by atoms with van der Waals surface area (Å²) in [7, 11) is 0. The van der Waals surface area contributed by atoms with Gasteiger partial charge in [0, 0.05) is 19.2 Å². The molecule has 1 aliphatic heterocycles. The van der Waals surface area contributed by atoms with Gasteiger partial charge in [0.2, 0.25) is 0 Å². The van der Waals surface area contributed by atoms with Gasteiger partial charge in [-0.2, -0.15) is 0 Å². The lowest BCUT2D eigenvalue weighted by Gasteiger charge is -2.23. The fraction of sp³-hybridized carbons (Fsp3) is 1.00. The first-order valence-electron chi connectivity index (χ1n) is 8.29. The van der Waals surface area contributed by atoms with Gasteiger partial charge in [0.25, 0.3) is 0 Å². The summed E-state index contributed by atoms with van der Waals surface area (Å²) in [6, 6.07) is 0.627. The first-order chi connectivity index (χ1) is 9.22. The molecule has 0 aromatic heterocycles. The second-order valence-corrected chi connectivity index (χ2v) is 6.05. The molecule has 0 aromatic carbocycles. The van der Waals surface area contributed by atoms with Crippen LogP contribution in [0.3, 0.4) is 0 Å². The Morgan fingerprint density at radius 2 is 2.00 bits per heavy atom. The predicted molar refractivity (Wildman–Crippen MR) is 82.7 cm³/mol. The highest BCUT2D eigenvalue weighted by Crippen LogP contribution is 2.13. The maximum atomic E-state index is 5.72. The van der Waals surface area contributed by atoms with Crippen LogP contribution in [0.25, 0.3) is 0 Å². The van der Waals surface area contributed by atoms with Crippen LogP contribution in [0.2, 0.25) is 0 Å². The van der Waals surface area contributed by atoms with Crippen molar-refractivity contribution in [3.63, 3.8) is 0 Å². The molecule has 0 saturated carbocycles. The molecule has 1 unspecified atom stereocenters. The molecule has 19 heavy (non-hydrogen) atoms. The minimum atomic E-state index is 0.509. The van der Waals surface area contributed by atoms with Crippen LogP contribution < -0.4 is 5.32 Å². The number of nitrogens with zero attached hydrogens (tertiary/aromatic N) is 1. The van der Waals surface area contributed by atoms with Crippen molar-refractivity contribution in [1.82, 2.24) is 10.2 Å². The van der Waals surface area contributed by atoms with E-state index < -0.39 is 0 Å². The fourth-order valence-corrected chi connectivity index (χ4v) is 2.66. The molecule has 0 bridgehead atoms. The van der Waals surface area contributed by atoms with E-state index in [1.165, 1.54) is 51.6 Å². The van der Waals surface area contributed by atoms with Gasteiger partial charge in [-0.3, -0.25) is 0 Å². The maximum absolute atomic E-state index is 5.72. The van der Waals surface area contributed by atoms with Gasteiger partial charge in [-0.15, -0.1) is 0 Å². The number of unbranched alkanes of at least 4 members (excludes halogenated alkanes) is 3. The average Bonchev–Trinajstić information content (AvgIpc) is 2.88. The van der Waals surface area contributed by atoms with Crippen molar-refractivity contribution < 1.29 is 4.74 Å². The van der Waals surface area contributed by atoms with Crippen molar-refractivity contribution in [2.75, 3.05) is 32.8 Å². The third kappa shape index (κ3) is 8.61. The Morgan fingerprint density at radius 3 is 2.63 bits per heavy atom. The fourth-order valence-electron chi connectivity index (χ4n) is 2.66. The summed E-state index contributed by atoms with van der Waals surface area (Å²) >= 11 is 0. The lowest BCUT2D eigenvalue weighted by Crippen LogP contribution is -2.32. The molecule has 1 rings (SSSR count). The summed E-state index contributed by atoms with van der Waals surface area (Å²) in [6.07, 6.45) is 8.40. The predicted octanol–water partition coefficient (Wildman–Crippen LogP) is 3.05. The maximum Gasteiger partial charge on any atom is 0.0702 e. The van der Waals surface area contributed by atoms with Gasteiger partial charge in [0.05, 0.1) is 6.10 Å². The zero-order valence-electron chi connectivity index (χ0n) is 13.3. The zero-order chi connectivity index (χ0) is 13.9. The molecule has 114 valence electrons. The van der Waals surface area contributed by atoms with E-state index in [0.29, 0.717) is 12.1 Å². The Bertz CT molecular complexity index is 203. The van der Waals surface area contributed by atoms with Gasteiger partial charge in [-0.25, -0.2) is 0 Å². The average molecular weight is 270 g/mol. The first kappa shape index (κ1) is 16.9. The molecule has 1 heterocycles. The highest BCUT2D eigenvalue weighted by molar-refractivity contribution is 4.70. The van der Waals surface area contributed by atoms with Crippen LogP contribution in [0, 0.1) is 0 Å². The summed E-state index contributed by atoms with van der Waals surface area (Å²) in [5.74, 6) is 0. The second-order valence-electron chi connectivity index (χ2n) is 6.05. The molecule has 0 spiro atoms. The molecule has 1 saturated heterocycles. The monoisotopic (exact) mass is 270 g/mol. The van der Waals surface area contributed by atoms with Crippen LogP contribution in [-0.4, -0.2) is 49.8 Å². The van der Waals surface area contributed by atoms with E-state index >= 15 is 0 Å². The first-order valence-corrected chi connectivity index (χ1v) is 8.29. The summed E-state index contributed by atoms with van der Waals surface area (Å²) in [5, 5.41) is 3.48. The summed E-state index contributed by atoms with van der Waals surface area (Å²) in [6.45, 7) is 12.4. The lowest BCUT2D eigenvalue weighted by atomic mass is 10.1. The van der Waals surface area contributed by atoms with Crippen LogP contribution >= 0.6 is 0 Å². The van der Waals surface area contributed by atoms with E-state index in [4.69, 9.17) is 4.74 Å². The summed E-state index contributed by atoms with van der Waals surface area (Å²) < 4.78 is 5.72. The number of rotatable bonds is 11. The molecule has 1 N–H and O–H groups in total. The summed E-state index contributed by atoms with van der Waals surface area (Å²) in [5.41, 5.74) is 0. The van der Waals surface area contributed by atoms with Crippen LogP contribution in [0.5, 0.6) is 0 Å². The third-order valence-electron chi connectivity index (χ3n) is 3.89. The van der Waals surface area contributed by atoms with Gasteiger partial charge < -0.3 is 15.0 Å². The molecule has 3 nitrogen and oxygen atoms in total. The molecular weight excluding hydrogens is 236 g/mol. The number of likely N-dealkylation sites (N-methyl/N-ethyl adjacent to an activating group) is 1. The standard InChI is InChI=1S/C16H34N2O/c1-4-18(14-16-10-9-13-19-16)12-8-6-5-7-11-17-15(2)3/h15-17H,4-14H2,1-3H3. The van der Waals surface area contributed by atoms with E-state index in [2.05, 4.69) is 31.0 Å². The molecule has 0 aromatic rings. The van der Waals surface area contributed by atoms with Crippen LogP contribution in [0.4, 0.5) is 0 Å². The van der Waals surface area contributed by atoms with Gasteiger partial charge in [0.1, 0.15) is 0 Å². The zero-order valence-corrected chi connectivity index (χ0v) is 13.3. The Labute approximate surface area is 120 Å². The minimum absolute atomic E-state index is 0.509. The van der Waals surface area contributed by atoms with E-state index in [1.54, 1.807) is 0 Å². The van der Waals surface area contributed by atoms with Crippen LogP contribution in [0.1, 0.15) is 59.3 Å². The second kappa shape index (κ2) is 10.6. The largest absolute Gasteiger partial charge is 0.377 e. The quantitative estimate of drug-likeness (QED) is 0.584. The Kier molecular flexibility index (Phi) is 9.48. The number of ether oxygens (including phenoxy) is 1. The SMILES string of the molecule is CCN(CCCCCCNC(C)C)CC1CCCO1. The lowest BCUT2D eigenvalue weighted by molar-refractivity contribution is 0.0742. The van der Waals surface area contributed by atoms with Crippen molar-refractivity contribution >= 4 is 0 Å². The van der Waals surface area contributed by atoms with E-state index in [-0.39, 0.29) is 0 Å². The number of hydrogen-bond donors (Lipinski definition) is 1. The van der Waals surface area contributed by atoms with Crippen molar-refractivity contribution in [2.45, 2.75) is 71.4 Å². The molecule has 1 fully saturated rings. The topological polar surface area (TPSA) is 24.5 Å². The van der Waals surface area contributed by atoms with Gasteiger partial charge >= 0.3 is 0 Å². The molecule has 0 amide bonds. The smallest absolute Gasteiger partial charge is 0.0702 e. The third-order valence-corrected chi connectivity index (χ3v) is 3.89. The van der Waals surface area contributed by atoms with E-state index in [9.17, 15) is 0 Å². The molecule has 1 aliphatic rings. The van der Waals surface area contributed by atoms with Crippen molar-refractivity contribution in [3.05, 3.63) is 0 Å². The van der Waals surface area contributed by atoms with Crippen LogP contribution in [-0.2, 0) is 4.74 Å². The van der Waals surface area contributed by atoms with E-state index in [0.717, 1.165) is 19.7 Å². The Hall–Kier alpha value is -0.120. The molecule has 0 aliphatic carbocycles. The molecular formula is C16H34N2O. The van der Waals surface area contributed by atoms with E-state index in [1.807, 2.05) is 0 Å². The summed E-state index contributed by atoms with van der Waals surface area (Å²) in [4.78, 5) is 2.56. The Balaban J connectivity index is 1.93. The number of hydrogen-bond acceptors (Lipinski definition) is 3. The van der Waals surface area contributed by atoms with Crippen molar-refractivity contribution in [1.29, 1.82) is 0 Å². The van der Waals surface area contributed by atoms with Gasteiger partial charge in [0.15, 0.2) is 0 Å². The molecule has 3 heteroatoms. The molecule has 0 radical (unpaired) electrons. The van der Waals surface area contributed by atoms with Gasteiger partial charge in [-0.05, 0) is 45.3 Å². The Morgan fingerprint density at radius 1 is 1.21 bits per heavy atom. The minimum Gasteiger partial charge on any atom is -0.377 e. The number of nitrogens with one attached hydrogen (secondary N) is 1. The van der Waals surface area contributed by atoms with Crippen molar-refractivity contribution in [2.24, 2.45) is 0 Å². The highest BCUT2D eigenvalue weighted by atomic mass is 16.5.